The van der Waals surface area contributed by atoms with E-state index < -0.39 is 15.9 Å². The van der Waals surface area contributed by atoms with Gasteiger partial charge in [-0.3, -0.25) is 14.5 Å². The Morgan fingerprint density at radius 3 is 2.74 bits per heavy atom. The van der Waals surface area contributed by atoms with Gasteiger partial charge in [0, 0.05) is 18.5 Å². The zero-order valence-electron chi connectivity index (χ0n) is 14.4. The number of carbonyl (C=O) groups excluding carboxylic acids is 1. The molecule has 3 N–H and O–H groups in total. The Kier molecular flexibility index (Phi) is 5.19. The van der Waals surface area contributed by atoms with Crippen LogP contribution in [0, 0.1) is 0 Å². The highest BCUT2D eigenvalue weighted by atomic mass is 32.2. The van der Waals surface area contributed by atoms with E-state index >= 15 is 0 Å². The molecule has 0 unspecified atom stereocenters. The molecule has 0 saturated heterocycles. The second-order valence-electron chi connectivity index (χ2n) is 5.58. The Balaban J connectivity index is 1.79. The lowest BCUT2D eigenvalue weighted by molar-refractivity contribution is 0.102. The molecule has 0 aliphatic rings. The molecular weight excluding hydrogens is 370 g/mol. The van der Waals surface area contributed by atoms with Gasteiger partial charge in [-0.15, -0.1) is 0 Å². The van der Waals surface area contributed by atoms with Crippen LogP contribution >= 0.6 is 0 Å². The predicted octanol–water partition coefficient (Wildman–Crippen LogP) is 1.23. The summed E-state index contributed by atoms with van der Waals surface area (Å²) in [4.78, 5) is 16.6. The van der Waals surface area contributed by atoms with Crippen LogP contribution in [-0.2, 0) is 16.6 Å². The van der Waals surface area contributed by atoms with Gasteiger partial charge in [0.1, 0.15) is 5.75 Å². The highest BCUT2D eigenvalue weighted by molar-refractivity contribution is 7.89. The van der Waals surface area contributed by atoms with Crippen LogP contribution < -0.4 is 15.2 Å². The lowest BCUT2D eigenvalue weighted by Crippen LogP contribution is -2.17. The summed E-state index contributed by atoms with van der Waals surface area (Å²) in [6.45, 7) is 0.445. The number of anilines is 1. The number of hydrogen-bond donors (Lipinski definition) is 2. The number of nitrogens with two attached hydrogens (primary N) is 1. The Hall–Kier alpha value is -3.24. The smallest absolute Gasteiger partial charge is 0.260 e. The first-order valence-electron chi connectivity index (χ1n) is 7.82. The van der Waals surface area contributed by atoms with Crippen molar-refractivity contribution in [3.05, 3.63) is 66.1 Å². The minimum atomic E-state index is -3.95. The summed E-state index contributed by atoms with van der Waals surface area (Å²) in [5.41, 5.74) is 0.851. The second kappa shape index (κ2) is 7.56. The molecule has 0 aliphatic carbocycles. The molecule has 0 saturated carbocycles. The van der Waals surface area contributed by atoms with Gasteiger partial charge in [-0.1, -0.05) is 6.07 Å². The maximum absolute atomic E-state index is 12.6. The molecule has 1 aromatic carbocycles. The predicted molar refractivity (Wildman–Crippen MR) is 97.9 cm³/mol. The summed E-state index contributed by atoms with van der Waals surface area (Å²) in [6, 6.07) is 11.0. The number of nitrogens with zero attached hydrogens (tertiary/aromatic N) is 3. The molecule has 3 aromatic rings. The van der Waals surface area contributed by atoms with Gasteiger partial charge in [-0.25, -0.2) is 13.6 Å². The van der Waals surface area contributed by atoms with E-state index in [2.05, 4.69) is 15.4 Å². The van der Waals surface area contributed by atoms with Crippen LogP contribution in [0.5, 0.6) is 5.75 Å². The lowest BCUT2D eigenvalue weighted by Gasteiger charge is -2.09. The molecule has 2 heterocycles. The Bertz CT molecular complexity index is 1060. The third-order valence-electron chi connectivity index (χ3n) is 3.68. The molecule has 9 nitrogen and oxygen atoms in total. The van der Waals surface area contributed by atoms with Crippen molar-refractivity contribution in [1.29, 1.82) is 0 Å². The number of sulfonamides is 1. The van der Waals surface area contributed by atoms with Gasteiger partial charge in [0.25, 0.3) is 5.91 Å². The molecule has 0 radical (unpaired) electrons. The monoisotopic (exact) mass is 387 g/mol. The van der Waals surface area contributed by atoms with Gasteiger partial charge >= 0.3 is 0 Å². The fourth-order valence-electron chi connectivity index (χ4n) is 2.40. The first kappa shape index (κ1) is 18.5. The van der Waals surface area contributed by atoms with Crippen LogP contribution in [0.15, 0.2) is 59.8 Å². The number of pyridine rings is 1. The van der Waals surface area contributed by atoms with Crippen molar-refractivity contribution in [2.75, 3.05) is 12.4 Å². The van der Waals surface area contributed by atoms with Gasteiger partial charge in [-0.05, 0) is 30.3 Å². The van der Waals surface area contributed by atoms with E-state index in [4.69, 9.17) is 9.88 Å². The summed E-state index contributed by atoms with van der Waals surface area (Å²) >= 11 is 0. The molecule has 0 atom stereocenters. The van der Waals surface area contributed by atoms with Crippen LogP contribution in [0.3, 0.4) is 0 Å². The van der Waals surface area contributed by atoms with Crippen molar-refractivity contribution in [2.24, 2.45) is 5.14 Å². The molecule has 0 spiro atoms. The molecule has 27 heavy (non-hydrogen) atoms. The number of primary sulfonamides is 1. The first-order chi connectivity index (χ1) is 12.9. The van der Waals surface area contributed by atoms with Gasteiger partial charge in [0.05, 0.1) is 29.8 Å². The fraction of sp³-hybridized carbons (Fsp3) is 0.118. The van der Waals surface area contributed by atoms with Crippen LogP contribution in [0.2, 0.25) is 0 Å². The number of amides is 1. The average Bonchev–Trinajstić information content (AvgIpc) is 3.08. The maximum atomic E-state index is 12.6. The first-order valence-corrected chi connectivity index (χ1v) is 9.37. The minimum Gasteiger partial charge on any atom is -0.496 e. The molecule has 3 rings (SSSR count). The highest BCUT2D eigenvalue weighted by Gasteiger charge is 2.18. The molecule has 0 bridgehead atoms. The quantitative estimate of drug-likeness (QED) is 0.654. The zero-order chi connectivity index (χ0) is 19.4. The van der Waals surface area contributed by atoms with Crippen LogP contribution in [0.1, 0.15) is 16.1 Å². The van der Waals surface area contributed by atoms with E-state index in [0.29, 0.717) is 12.4 Å². The normalized spacial score (nSPS) is 11.2. The van der Waals surface area contributed by atoms with E-state index in [-0.39, 0.29) is 16.2 Å². The third-order valence-corrected chi connectivity index (χ3v) is 4.59. The number of aromatic nitrogens is 3. The van der Waals surface area contributed by atoms with Crippen molar-refractivity contribution in [1.82, 2.24) is 14.8 Å². The largest absolute Gasteiger partial charge is 0.496 e. The van der Waals surface area contributed by atoms with Crippen molar-refractivity contribution < 1.29 is 17.9 Å². The number of benzene rings is 1. The molecule has 0 aliphatic heterocycles. The van der Waals surface area contributed by atoms with Crippen LogP contribution in [0.25, 0.3) is 0 Å². The maximum Gasteiger partial charge on any atom is 0.260 e. The summed E-state index contributed by atoms with van der Waals surface area (Å²) < 4.78 is 29.8. The number of hydrogen-bond acceptors (Lipinski definition) is 6. The van der Waals surface area contributed by atoms with Gasteiger partial charge in [0.15, 0.2) is 5.82 Å². The molecule has 1 amide bonds. The molecule has 0 fully saturated rings. The zero-order valence-corrected chi connectivity index (χ0v) is 15.2. The van der Waals surface area contributed by atoms with Crippen molar-refractivity contribution in [2.45, 2.75) is 11.4 Å². The van der Waals surface area contributed by atoms with Crippen LogP contribution in [0.4, 0.5) is 5.82 Å². The topological polar surface area (TPSA) is 129 Å². The van der Waals surface area contributed by atoms with E-state index in [1.807, 2.05) is 18.2 Å². The number of rotatable bonds is 6. The number of methoxy groups -OCH3 is 1. The average molecular weight is 387 g/mol. The fourth-order valence-corrected chi connectivity index (χ4v) is 2.94. The van der Waals surface area contributed by atoms with E-state index in [1.165, 1.54) is 19.2 Å². The molecule has 10 heteroatoms. The van der Waals surface area contributed by atoms with Crippen LogP contribution in [-0.4, -0.2) is 36.2 Å². The Morgan fingerprint density at radius 1 is 1.26 bits per heavy atom. The number of carbonyl (C=O) groups is 1. The SMILES string of the molecule is COc1ccc(S(N)(=O)=O)cc1C(=O)Nc1ccn(Cc2ccccn2)n1. The van der Waals surface area contributed by atoms with E-state index in [9.17, 15) is 13.2 Å². The summed E-state index contributed by atoms with van der Waals surface area (Å²) in [5.74, 6) is -0.0488. The molecule has 2 aromatic heterocycles. The summed E-state index contributed by atoms with van der Waals surface area (Å²) in [6.07, 6.45) is 3.38. The van der Waals surface area contributed by atoms with Gasteiger partial charge in [-0.2, -0.15) is 5.10 Å². The van der Waals surface area contributed by atoms with Gasteiger partial charge in [0.2, 0.25) is 10.0 Å². The second-order valence-corrected chi connectivity index (χ2v) is 7.14. The molecular formula is C17H17N5O4S. The highest BCUT2D eigenvalue weighted by Crippen LogP contribution is 2.23. The standard InChI is InChI=1S/C17H17N5O4S/c1-26-15-6-5-13(27(18,24)25)10-14(15)17(23)20-16-7-9-22(21-16)11-12-4-2-3-8-19-12/h2-10H,11H2,1H3,(H2,18,24,25)(H,20,21,23). The third kappa shape index (κ3) is 4.49. The number of nitrogens with one attached hydrogen (secondary N) is 1. The van der Waals surface area contributed by atoms with Crippen molar-refractivity contribution >= 4 is 21.7 Å². The number of ether oxygens (including phenoxy) is 1. The minimum absolute atomic E-state index is 0.0308. The summed E-state index contributed by atoms with van der Waals surface area (Å²) in [7, 11) is -2.57. The summed E-state index contributed by atoms with van der Waals surface area (Å²) in [5, 5.41) is 12.0. The van der Waals surface area contributed by atoms with Crippen molar-refractivity contribution in [3.63, 3.8) is 0 Å². The lowest BCUT2D eigenvalue weighted by atomic mass is 10.2. The van der Waals surface area contributed by atoms with Gasteiger partial charge < -0.3 is 10.1 Å². The molecule has 140 valence electrons. The Labute approximate surface area is 155 Å². The van der Waals surface area contributed by atoms with E-state index in [0.717, 1.165) is 11.8 Å². The Morgan fingerprint density at radius 2 is 2.07 bits per heavy atom. The van der Waals surface area contributed by atoms with E-state index in [1.54, 1.807) is 23.1 Å². The van der Waals surface area contributed by atoms with Crippen molar-refractivity contribution in [3.8, 4) is 5.75 Å².